The molecule has 0 saturated heterocycles. The predicted octanol–water partition coefficient (Wildman–Crippen LogP) is 4.07. The Morgan fingerprint density at radius 1 is 1.26 bits per heavy atom. The maximum absolute atomic E-state index is 10.9. The Balaban J connectivity index is 2.15. The van der Waals surface area contributed by atoms with Crippen LogP contribution < -0.4 is 5.32 Å². The largest absolute Gasteiger partial charge is 0.478 e. The summed E-state index contributed by atoms with van der Waals surface area (Å²) in [4.78, 5) is 10.9. The number of nitrogens with one attached hydrogen (secondary N) is 1. The van der Waals surface area contributed by atoms with Crippen molar-refractivity contribution in [3.63, 3.8) is 0 Å². The molecular weight excluding hydrogens is 306 g/mol. The average Bonchev–Trinajstić information content (AvgIpc) is 2.37. The molecule has 3 nitrogen and oxygen atoms in total. The second kappa shape index (κ2) is 5.89. The predicted molar refractivity (Wildman–Crippen MR) is 79.6 cm³/mol. The van der Waals surface area contributed by atoms with E-state index in [1.54, 1.807) is 12.1 Å². The van der Waals surface area contributed by atoms with Crippen molar-refractivity contribution >= 4 is 27.6 Å². The summed E-state index contributed by atoms with van der Waals surface area (Å²) in [6.45, 7) is 2.61. The SMILES string of the molecule is Cc1ccc(C(=O)O)cc1NCc1cccc(Br)c1. The summed E-state index contributed by atoms with van der Waals surface area (Å²) in [6.07, 6.45) is 0. The zero-order chi connectivity index (χ0) is 13.8. The second-order valence-electron chi connectivity index (χ2n) is 4.32. The van der Waals surface area contributed by atoms with Crippen LogP contribution in [0.25, 0.3) is 0 Å². The van der Waals surface area contributed by atoms with Crippen LogP contribution in [0.3, 0.4) is 0 Å². The average molecular weight is 320 g/mol. The van der Waals surface area contributed by atoms with Crippen LogP contribution in [0.4, 0.5) is 5.69 Å². The zero-order valence-corrected chi connectivity index (χ0v) is 12.1. The van der Waals surface area contributed by atoms with Gasteiger partial charge in [-0.1, -0.05) is 34.1 Å². The van der Waals surface area contributed by atoms with Gasteiger partial charge < -0.3 is 10.4 Å². The van der Waals surface area contributed by atoms with Gasteiger partial charge in [-0.05, 0) is 42.3 Å². The number of halogens is 1. The van der Waals surface area contributed by atoms with E-state index in [-0.39, 0.29) is 0 Å². The van der Waals surface area contributed by atoms with Crippen LogP contribution in [0, 0.1) is 6.92 Å². The van der Waals surface area contributed by atoms with Crippen molar-refractivity contribution in [3.05, 3.63) is 63.6 Å². The third-order valence-corrected chi connectivity index (χ3v) is 3.35. The zero-order valence-electron chi connectivity index (χ0n) is 10.5. The van der Waals surface area contributed by atoms with Gasteiger partial charge in [0.1, 0.15) is 0 Å². The molecule has 19 heavy (non-hydrogen) atoms. The molecule has 0 atom stereocenters. The molecule has 0 saturated carbocycles. The Morgan fingerprint density at radius 3 is 2.74 bits per heavy atom. The van der Waals surface area contributed by atoms with E-state index in [4.69, 9.17) is 5.11 Å². The van der Waals surface area contributed by atoms with Gasteiger partial charge in [0.05, 0.1) is 5.56 Å². The third kappa shape index (κ3) is 3.58. The lowest BCUT2D eigenvalue weighted by atomic mass is 10.1. The molecule has 0 aliphatic heterocycles. The molecule has 4 heteroatoms. The van der Waals surface area contributed by atoms with E-state index < -0.39 is 5.97 Å². The summed E-state index contributed by atoms with van der Waals surface area (Å²) in [7, 11) is 0. The molecule has 0 aliphatic rings. The van der Waals surface area contributed by atoms with Crippen LogP contribution in [0.1, 0.15) is 21.5 Å². The van der Waals surface area contributed by atoms with Crippen molar-refractivity contribution in [2.75, 3.05) is 5.32 Å². The van der Waals surface area contributed by atoms with Gasteiger partial charge in [-0.3, -0.25) is 0 Å². The number of rotatable bonds is 4. The molecular formula is C15H14BrNO2. The van der Waals surface area contributed by atoms with Crippen molar-refractivity contribution in [3.8, 4) is 0 Å². The molecule has 2 N–H and O–H groups in total. The molecule has 0 unspecified atom stereocenters. The van der Waals surface area contributed by atoms with Gasteiger partial charge in [0.15, 0.2) is 0 Å². The highest BCUT2D eigenvalue weighted by atomic mass is 79.9. The van der Waals surface area contributed by atoms with E-state index in [9.17, 15) is 4.79 Å². The third-order valence-electron chi connectivity index (χ3n) is 2.86. The van der Waals surface area contributed by atoms with E-state index in [1.807, 2.05) is 37.3 Å². The first-order valence-electron chi connectivity index (χ1n) is 5.88. The topological polar surface area (TPSA) is 49.3 Å². The number of benzene rings is 2. The first kappa shape index (κ1) is 13.6. The minimum Gasteiger partial charge on any atom is -0.478 e. The van der Waals surface area contributed by atoms with Gasteiger partial charge in [0.2, 0.25) is 0 Å². The Hall–Kier alpha value is -1.81. The number of aromatic carboxylic acids is 1. The fourth-order valence-corrected chi connectivity index (χ4v) is 2.24. The number of hydrogen-bond donors (Lipinski definition) is 2. The second-order valence-corrected chi connectivity index (χ2v) is 5.23. The first-order chi connectivity index (χ1) is 9.06. The van der Waals surface area contributed by atoms with Gasteiger partial charge in [-0.15, -0.1) is 0 Å². The minimum absolute atomic E-state index is 0.294. The summed E-state index contributed by atoms with van der Waals surface area (Å²) < 4.78 is 1.03. The highest BCUT2D eigenvalue weighted by Gasteiger charge is 2.06. The fraction of sp³-hybridized carbons (Fsp3) is 0.133. The molecule has 0 fully saturated rings. The summed E-state index contributed by atoms with van der Waals surface area (Å²) in [6, 6.07) is 13.1. The van der Waals surface area contributed by atoms with E-state index in [1.165, 1.54) is 0 Å². The molecule has 2 rings (SSSR count). The molecule has 0 heterocycles. The normalized spacial score (nSPS) is 10.2. The summed E-state index contributed by atoms with van der Waals surface area (Å²) in [5, 5.41) is 12.3. The standard InChI is InChI=1S/C15H14BrNO2/c1-10-5-6-12(15(18)19)8-14(10)17-9-11-3-2-4-13(16)7-11/h2-8,17H,9H2,1H3,(H,18,19). The van der Waals surface area contributed by atoms with E-state index >= 15 is 0 Å². The summed E-state index contributed by atoms with van der Waals surface area (Å²) >= 11 is 3.43. The van der Waals surface area contributed by atoms with Gasteiger partial charge in [0, 0.05) is 16.7 Å². The van der Waals surface area contributed by atoms with Gasteiger partial charge in [-0.2, -0.15) is 0 Å². The van der Waals surface area contributed by atoms with Crippen LogP contribution in [-0.4, -0.2) is 11.1 Å². The van der Waals surface area contributed by atoms with Crippen LogP contribution >= 0.6 is 15.9 Å². The van der Waals surface area contributed by atoms with Crippen LogP contribution in [0.5, 0.6) is 0 Å². The number of aryl methyl sites for hydroxylation is 1. The van der Waals surface area contributed by atoms with E-state index in [0.29, 0.717) is 12.1 Å². The number of hydrogen-bond acceptors (Lipinski definition) is 2. The number of carboxylic acids is 1. The molecule has 2 aromatic carbocycles. The van der Waals surface area contributed by atoms with Crippen LogP contribution in [0.15, 0.2) is 46.9 Å². The van der Waals surface area contributed by atoms with Gasteiger partial charge in [-0.25, -0.2) is 4.79 Å². The monoisotopic (exact) mass is 319 g/mol. The van der Waals surface area contributed by atoms with E-state index in [0.717, 1.165) is 21.3 Å². The van der Waals surface area contributed by atoms with Crippen LogP contribution in [-0.2, 0) is 6.54 Å². The summed E-state index contributed by atoms with van der Waals surface area (Å²) in [5.74, 6) is -0.912. The molecule has 98 valence electrons. The molecule has 2 aromatic rings. The highest BCUT2D eigenvalue weighted by molar-refractivity contribution is 9.10. The minimum atomic E-state index is -0.912. The van der Waals surface area contributed by atoms with Gasteiger partial charge >= 0.3 is 5.97 Å². The Kier molecular flexibility index (Phi) is 4.22. The van der Waals surface area contributed by atoms with Crippen molar-refractivity contribution in [1.29, 1.82) is 0 Å². The first-order valence-corrected chi connectivity index (χ1v) is 6.68. The highest BCUT2D eigenvalue weighted by Crippen LogP contribution is 2.19. The molecule has 0 amide bonds. The van der Waals surface area contributed by atoms with Crippen molar-refractivity contribution in [2.24, 2.45) is 0 Å². The number of carbonyl (C=O) groups is 1. The van der Waals surface area contributed by atoms with Gasteiger partial charge in [0.25, 0.3) is 0 Å². The van der Waals surface area contributed by atoms with Crippen LogP contribution in [0.2, 0.25) is 0 Å². The molecule has 0 aromatic heterocycles. The number of carboxylic acid groups (broad SMARTS) is 1. The van der Waals surface area contributed by atoms with Crippen molar-refractivity contribution < 1.29 is 9.90 Å². The number of anilines is 1. The maximum Gasteiger partial charge on any atom is 0.335 e. The maximum atomic E-state index is 10.9. The molecule has 0 bridgehead atoms. The molecule has 0 aliphatic carbocycles. The lowest BCUT2D eigenvalue weighted by Gasteiger charge is -2.10. The lowest BCUT2D eigenvalue weighted by Crippen LogP contribution is -2.03. The fourth-order valence-electron chi connectivity index (χ4n) is 1.79. The van der Waals surface area contributed by atoms with Crippen molar-refractivity contribution in [2.45, 2.75) is 13.5 Å². The quantitative estimate of drug-likeness (QED) is 0.893. The molecule has 0 radical (unpaired) electrons. The molecule has 0 spiro atoms. The Morgan fingerprint density at radius 2 is 2.05 bits per heavy atom. The lowest BCUT2D eigenvalue weighted by molar-refractivity contribution is 0.0697. The van der Waals surface area contributed by atoms with E-state index in [2.05, 4.69) is 21.2 Å². The van der Waals surface area contributed by atoms with Crippen molar-refractivity contribution in [1.82, 2.24) is 0 Å². The summed E-state index contributed by atoms with van der Waals surface area (Å²) in [5.41, 5.74) is 3.30. The Bertz CT molecular complexity index is 611. The Labute approximate surface area is 120 Å². The smallest absolute Gasteiger partial charge is 0.335 e.